The van der Waals surface area contributed by atoms with Crippen LogP contribution in [0.15, 0.2) is 47.1 Å². The Bertz CT molecular complexity index is 1130. The Labute approximate surface area is 183 Å². The summed E-state index contributed by atoms with van der Waals surface area (Å²) in [7, 11) is 2.13. The van der Waals surface area contributed by atoms with E-state index in [0.29, 0.717) is 5.92 Å². The van der Waals surface area contributed by atoms with E-state index in [0.717, 1.165) is 84.5 Å². The van der Waals surface area contributed by atoms with E-state index in [1.165, 1.54) is 0 Å². The predicted molar refractivity (Wildman–Crippen MR) is 124 cm³/mol. The van der Waals surface area contributed by atoms with E-state index in [2.05, 4.69) is 31.0 Å². The van der Waals surface area contributed by atoms with Crippen molar-refractivity contribution in [3.05, 3.63) is 65.2 Å². The summed E-state index contributed by atoms with van der Waals surface area (Å²) in [4.78, 5) is 23.3. The van der Waals surface area contributed by atoms with Gasteiger partial charge >= 0.3 is 0 Å². The molecule has 5 rings (SSSR count). The van der Waals surface area contributed by atoms with Gasteiger partial charge in [-0.05, 0) is 74.2 Å². The Hall–Kier alpha value is -2.92. The van der Waals surface area contributed by atoms with Crippen LogP contribution in [0.25, 0.3) is 22.6 Å². The van der Waals surface area contributed by atoms with Crippen LogP contribution < -0.4 is 0 Å². The van der Waals surface area contributed by atoms with Gasteiger partial charge in [-0.1, -0.05) is 25.1 Å². The van der Waals surface area contributed by atoms with E-state index in [9.17, 15) is 4.79 Å². The van der Waals surface area contributed by atoms with Gasteiger partial charge in [-0.15, -0.1) is 0 Å². The highest BCUT2D eigenvalue weighted by molar-refractivity contribution is 6.09. The molecule has 1 aliphatic heterocycles. The van der Waals surface area contributed by atoms with E-state index in [4.69, 9.17) is 9.40 Å². The second kappa shape index (κ2) is 8.31. The van der Waals surface area contributed by atoms with Crippen molar-refractivity contribution in [1.82, 2.24) is 14.8 Å². The van der Waals surface area contributed by atoms with E-state index in [1.807, 2.05) is 35.2 Å². The van der Waals surface area contributed by atoms with Gasteiger partial charge in [0.25, 0.3) is 5.91 Å². The Morgan fingerprint density at radius 3 is 2.81 bits per heavy atom. The van der Waals surface area contributed by atoms with Crippen molar-refractivity contribution >= 4 is 28.5 Å². The number of carbonyl (C=O) groups is 1. The summed E-state index contributed by atoms with van der Waals surface area (Å²) in [5.41, 5.74) is 4.94. The number of fused-ring (bicyclic) bond motifs is 2. The summed E-state index contributed by atoms with van der Waals surface area (Å²) in [5, 5.41) is 0.968. The largest absolute Gasteiger partial charge is 0.465 e. The number of nitrogens with zero attached hydrogens (tertiary/aromatic N) is 3. The number of rotatable bonds is 2. The third-order valence-electron chi connectivity index (χ3n) is 6.50. The number of para-hydroxylation sites is 1. The highest BCUT2D eigenvalue weighted by Crippen LogP contribution is 2.39. The normalized spacial score (nSPS) is 21.3. The first-order chi connectivity index (χ1) is 15.1. The number of hydrogen-bond donors (Lipinski definition) is 0. The summed E-state index contributed by atoms with van der Waals surface area (Å²) in [6.07, 6.45) is 6.59. The van der Waals surface area contributed by atoms with Gasteiger partial charge in [-0.3, -0.25) is 4.79 Å². The maximum atomic E-state index is 13.9. The maximum absolute atomic E-state index is 13.9. The SMILES string of the molecule is CC1C/C(=C/c2ccco2)c2nc3ccccc3c(C(=O)N3CCCN(C)CC3)c2C1. The van der Waals surface area contributed by atoms with Crippen molar-refractivity contribution in [3.63, 3.8) is 0 Å². The minimum Gasteiger partial charge on any atom is -0.465 e. The standard InChI is InChI=1S/C26H29N3O2/c1-18-15-19(17-20-7-5-14-31-20)25-22(16-18)24(21-8-3-4-9-23(21)27-25)26(30)29-11-6-10-28(2)12-13-29/h3-5,7-9,14,17-18H,6,10-13,15-16H2,1-2H3/b19-17-. The van der Waals surface area contributed by atoms with Gasteiger partial charge in [0.2, 0.25) is 0 Å². The lowest BCUT2D eigenvalue weighted by Gasteiger charge is -2.29. The number of amides is 1. The topological polar surface area (TPSA) is 49.6 Å². The third kappa shape index (κ3) is 3.90. The summed E-state index contributed by atoms with van der Waals surface area (Å²) in [6.45, 7) is 5.77. The van der Waals surface area contributed by atoms with Gasteiger partial charge in [0, 0.05) is 25.0 Å². The first-order valence-corrected chi connectivity index (χ1v) is 11.2. The molecule has 3 heterocycles. The molecule has 5 heteroatoms. The van der Waals surface area contributed by atoms with Crippen LogP contribution in [0.5, 0.6) is 0 Å². The van der Waals surface area contributed by atoms with Crippen LogP contribution in [0.4, 0.5) is 0 Å². The molecule has 5 nitrogen and oxygen atoms in total. The van der Waals surface area contributed by atoms with E-state index >= 15 is 0 Å². The molecular weight excluding hydrogens is 386 g/mol. The lowest BCUT2D eigenvalue weighted by molar-refractivity contribution is 0.0763. The minimum atomic E-state index is 0.150. The van der Waals surface area contributed by atoms with Gasteiger partial charge in [0.05, 0.1) is 23.0 Å². The monoisotopic (exact) mass is 415 g/mol. The summed E-state index contributed by atoms with van der Waals surface area (Å²) in [5.74, 6) is 1.42. The molecule has 1 saturated heterocycles. The number of benzene rings is 1. The fourth-order valence-electron chi connectivity index (χ4n) is 4.93. The fourth-order valence-corrected chi connectivity index (χ4v) is 4.93. The Morgan fingerprint density at radius 2 is 1.97 bits per heavy atom. The molecule has 2 aliphatic rings. The maximum Gasteiger partial charge on any atom is 0.254 e. The number of pyridine rings is 1. The minimum absolute atomic E-state index is 0.150. The van der Waals surface area contributed by atoms with Crippen LogP contribution >= 0.6 is 0 Å². The zero-order valence-electron chi connectivity index (χ0n) is 18.3. The first-order valence-electron chi connectivity index (χ1n) is 11.2. The van der Waals surface area contributed by atoms with Gasteiger partial charge in [0.15, 0.2) is 0 Å². The number of likely N-dealkylation sites (N-methyl/N-ethyl adjacent to an activating group) is 1. The highest BCUT2D eigenvalue weighted by atomic mass is 16.3. The average Bonchev–Trinajstić information content (AvgIpc) is 3.17. The van der Waals surface area contributed by atoms with Gasteiger partial charge in [-0.2, -0.15) is 0 Å². The first kappa shape index (κ1) is 20.0. The van der Waals surface area contributed by atoms with Crippen molar-refractivity contribution in [2.24, 2.45) is 5.92 Å². The van der Waals surface area contributed by atoms with Gasteiger partial charge in [0.1, 0.15) is 5.76 Å². The van der Waals surface area contributed by atoms with E-state index in [1.54, 1.807) is 6.26 Å². The number of hydrogen-bond acceptors (Lipinski definition) is 4. The fraction of sp³-hybridized carbons (Fsp3) is 0.385. The molecule has 160 valence electrons. The lowest BCUT2D eigenvalue weighted by atomic mass is 9.80. The second-order valence-corrected chi connectivity index (χ2v) is 8.98. The van der Waals surface area contributed by atoms with Crippen molar-refractivity contribution in [2.75, 3.05) is 33.2 Å². The quantitative estimate of drug-likeness (QED) is 0.607. The molecule has 31 heavy (non-hydrogen) atoms. The van der Waals surface area contributed by atoms with Crippen molar-refractivity contribution in [3.8, 4) is 0 Å². The predicted octanol–water partition coefficient (Wildman–Crippen LogP) is 4.73. The van der Waals surface area contributed by atoms with Gasteiger partial charge in [-0.25, -0.2) is 4.98 Å². The van der Waals surface area contributed by atoms with Crippen LogP contribution in [0, 0.1) is 5.92 Å². The molecule has 0 bridgehead atoms. The molecule has 0 spiro atoms. The number of carbonyl (C=O) groups excluding carboxylic acids is 1. The zero-order valence-corrected chi connectivity index (χ0v) is 18.3. The van der Waals surface area contributed by atoms with Crippen LogP contribution in [0.1, 0.15) is 47.1 Å². The van der Waals surface area contributed by atoms with Crippen LogP contribution in [0.3, 0.4) is 0 Å². The lowest BCUT2D eigenvalue weighted by Crippen LogP contribution is -2.35. The number of allylic oxidation sites excluding steroid dienone is 1. The number of aromatic nitrogens is 1. The summed E-state index contributed by atoms with van der Waals surface area (Å²) >= 11 is 0. The average molecular weight is 416 g/mol. The molecule has 1 atom stereocenters. The van der Waals surface area contributed by atoms with Crippen molar-refractivity contribution < 1.29 is 9.21 Å². The second-order valence-electron chi connectivity index (χ2n) is 8.98. The molecule has 0 N–H and O–H groups in total. The molecule has 1 amide bonds. The molecule has 3 aromatic rings. The van der Waals surface area contributed by atoms with Gasteiger partial charge < -0.3 is 14.2 Å². The Morgan fingerprint density at radius 1 is 1.10 bits per heavy atom. The zero-order chi connectivity index (χ0) is 21.4. The van der Waals surface area contributed by atoms with Crippen LogP contribution in [-0.2, 0) is 6.42 Å². The van der Waals surface area contributed by atoms with Crippen LogP contribution in [-0.4, -0.2) is 53.9 Å². The third-order valence-corrected chi connectivity index (χ3v) is 6.50. The molecule has 1 aromatic carbocycles. The smallest absolute Gasteiger partial charge is 0.254 e. The molecular formula is C26H29N3O2. The number of furan rings is 1. The molecule has 0 radical (unpaired) electrons. The van der Waals surface area contributed by atoms with Crippen molar-refractivity contribution in [2.45, 2.75) is 26.2 Å². The van der Waals surface area contributed by atoms with E-state index < -0.39 is 0 Å². The molecule has 1 fully saturated rings. The molecule has 2 aromatic heterocycles. The van der Waals surface area contributed by atoms with E-state index in [-0.39, 0.29) is 5.91 Å². The summed E-state index contributed by atoms with van der Waals surface area (Å²) in [6, 6.07) is 11.9. The molecule has 0 saturated carbocycles. The Kier molecular flexibility index (Phi) is 5.36. The highest BCUT2D eigenvalue weighted by Gasteiger charge is 2.30. The molecule has 1 unspecified atom stereocenters. The Balaban J connectivity index is 1.67. The van der Waals surface area contributed by atoms with Crippen molar-refractivity contribution in [1.29, 1.82) is 0 Å². The summed E-state index contributed by atoms with van der Waals surface area (Å²) < 4.78 is 5.59. The molecule has 1 aliphatic carbocycles. The van der Waals surface area contributed by atoms with Crippen LogP contribution in [0.2, 0.25) is 0 Å².